The van der Waals surface area contributed by atoms with Gasteiger partial charge in [-0.25, -0.2) is 9.40 Å². The van der Waals surface area contributed by atoms with Crippen molar-refractivity contribution in [2.75, 3.05) is 20.2 Å². The van der Waals surface area contributed by atoms with Crippen molar-refractivity contribution in [2.24, 2.45) is 0 Å². The molecule has 0 fully saturated rings. The van der Waals surface area contributed by atoms with Crippen molar-refractivity contribution in [3.8, 4) is 0 Å². The average Bonchev–Trinajstić information content (AvgIpc) is 3.11. The van der Waals surface area contributed by atoms with Gasteiger partial charge in [0.05, 0.1) is 6.04 Å². The van der Waals surface area contributed by atoms with Crippen molar-refractivity contribution in [3.05, 3.63) is 143 Å². The Labute approximate surface area is 290 Å². The van der Waals surface area contributed by atoms with Gasteiger partial charge in [-0.1, -0.05) is 97.1 Å². The molecule has 4 nitrogen and oxygen atoms in total. The van der Waals surface area contributed by atoms with Crippen LogP contribution in [-0.2, 0) is 23.1 Å². The zero-order valence-corrected chi connectivity index (χ0v) is 29.0. The van der Waals surface area contributed by atoms with Crippen molar-refractivity contribution in [1.29, 1.82) is 0 Å². The van der Waals surface area contributed by atoms with Crippen LogP contribution in [0.4, 0.5) is 4.39 Å². The molecule has 0 saturated heterocycles. The normalized spacial score (nSPS) is 14.7. The molecule has 0 saturated carbocycles. The summed E-state index contributed by atoms with van der Waals surface area (Å²) < 4.78 is 13.5. The van der Waals surface area contributed by atoms with E-state index in [0.29, 0.717) is 19.4 Å². The van der Waals surface area contributed by atoms with Gasteiger partial charge in [0, 0.05) is 32.0 Å². The number of hydrazine groups is 1. The molecule has 1 aliphatic heterocycles. The number of amides is 1. The Hall–Kier alpha value is -3.22. The van der Waals surface area contributed by atoms with E-state index in [9.17, 15) is 9.18 Å². The van der Waals surface area contributed by atoms with Crippen LogP contribution in [0.25, 0.3) is 0 Å². The topological polar surface area (TPSA) is 43.8 Å². The van der Waals surface area contributed by atoms with Crippen molar-refractivity contribution in [3.63, 3.8) is 0 Å². The summed E-state index contributed by atoms with van der Waals surface area (Å²) >= 11 is 12.4. The van der Waals surface area contributed by atoms with Crippen LogP contribution in [0, 0.1) is 5.82 Å². The first-order valence-corrected chi connectivity index (χ1v) is 17.5. The molecule has 5 rings (SSSR count). The van der Waals surface area contributed by atoms with Crippen molar-refractivity contribution in [1.82, 2.24) is 10.0 Å². The second kappa shape index (κ2) is 18.4. The van der Waals surface area contributed by atoms with Gasteiger partial charge in [-0.05, 0) is 91.8 Å². The number of carbonyl (C=O) groups is 1. The minimum atomic E-state index is -0.396. The lowest BCUT2D eigenvalue weighted by molar-refractivity contribution is -0.155. The second-order valence-corrected chi connectivity index (χ2v) is 13.4. The highest BCUT2D eigenvalue weighted by Crippen LogP contribution is 2.42. The molecule has 4 aromatic rings. The lowest BCUT2D eigenvalue weighted by Gasteiger charge is -2.43. The van der Waals surface area contributed by atoms with Crippen LogP contribution < -0.4 is 0 Å². The maximum absolute atomic E-state index is 14.1. The molecule has 1 amide bonds. The molecule has 1 N–H and O–H groups in total. The van der Waals surface area contributed by atoms with Crippen LogP contribution in [-0.4, -0.2) is 46.1 Å². The van der Waals surface area contributed by atoms with Gasteiger partial charge in [-0.3, -0.25) is 9.80 Å². The fourth-order valence-corrected chi connectivity index (χ4v) is 7.30. The number of aliphatic hydroxyl groups is 1. The van der Waals surface area contributed by atoms with E-state index in [1.54, 1.807) is 12.1 Å². The van der Waals surface area contributed by atoms with Crippen LogP contribution in [0.2, 0.25) is 0 Å². The number of hydrogen-bond donors (Lipinski definition) is 1. The number of aliphatic hydroxyl groups excluding tert-OH is 1. The molecule has 0 aliphatic carbocycles. The van der Waals surface area contributed by atoms with E-state index in [2.05, 4.69) is 96.9 Å². The van der Waals surface area contributed by atoms with Crippen molar-refractivity contribution < 1.29 is 14.3 Å². The van der Waals surface area contributed by atoms with E-state index >= 15 is 0 Å². The number of benzene rings is 4. The first-order chi connectivity index (χ1) is 22.9. The predicted molar refractivity (Wildman–Crippen MR) is 192 cm³/mol. The molecule has 1 heterocycles. The van der Waals surface area contributed by atoms with Gasteiger partial charge in [0.2, 0.25) is 5.91 Å². The monoisotopic (exact) mass is 676 g/mol. The lowest BCUT2D eigenvalue weighted by atomic mass is 9.68. The molecule has 1 unspecified atom stereocenters. The summed E-state index contributed by atoms with van der Waals surface area (Å²) in [6, 6.07) is 36.6. The summed E-state index contributed by atoms with van der Waals surface area (Å²) in [6.45, 7) is 3.60. The predicted octanol–water partition coefficient (Wildman–Crippen LogP) is 9.47. The number of alkyl halides is 2. The quantitative estimate of drug-likeness (QED) is 0.135. The highest BCUT2D eigenvalue weighted by molar-refractivity contribution is 6.44. The Balaban J connectivity index is 0.00000245. The Morgan fingerprint density at radius 2 is 1.45 bits per heavy atom. The van der Waals surface area contributed by atoms with Gasteiger partial charge in [-0.2, -0.15) is 0 Å². The molecule has 4 aromatic carbocycles. The van der Waals surface area contributed by atoms with E-state index < -0.39 is 4.84 Å². The number of halogens is 3. The first kappa shape index (κ1) is 36.6. The van der Waals surface area contributed by atoms with Gasteiger partial charge in [0.15, 0.2) is 0 Å². The lowest BCUT2D eigenvalue weighted by Crippen LogP contribution is -2.51. The molecule has 0 spiro atoms. The third kappa shape index (κ3) is 9.67. The third-order valence-electron chi connectivity index (χ3n) is 9.35. The fraction of sp³-hybridized carbons (Fsp3) is 0.375. The molecule has 0 bridgehead atoms. The SMILES string of the molecule is CC1c2ccccc2CCN1N(CCCC(CCCC(Cl)Cl)(c1ccccc1)c1ccccc1)C(=O)CCc1ccc(F)cc1.CO. The smallest absolute Gasteiger partial charge is 0.237 e. The summed E-state index contributed by atoms with van der Waals surface area (Å²) in [5.74, 6) is -0.164. The molecular formula is C40H47Cl2FN2O2. The minimum Gasteiger partial charge on any atom is -0.400 e. The molecule has 0 radical (unpaired) electrons. The number of aryl methyl sites for hydroxylation is 1. The van der Waals surface area contributed by atoms with Crippen LogP contribution in [0.3, 0.4) is 0 Å². The number of hydrogen-bond acceptors (Lipinski definition) is 3. The van der Waals surface area contributed by atoms with E-state index in [4.69, 9.17) is 28.3 Å². The van der Waals surface area contributed by atoms with Crippen molar-refractivity contribution >= 4 is 29.1 Å². The maximum atomic E-state index is 14.1. The van der Waals surface area contributed by atoms with Gasteiger partial charge < -0.3 is 5.11 Å². The van der Waals surface area contributed by atoms with Crippen LogP contribution >= 0.6 is 23.2 Å². The fourth-order valence-electron chi connectivity index (χ4n) is 6.99. The Morgan fingerprint density at radius 3 is 2.06 bits per heavy atom. The van der Waals surface area contributed by atoms with Crippen molar-refractivity contribution in [2.45, 2.75) is 74.6 Å². The molecule has 1 atom stereocenters. The largest absolute Gasteiger partial charge is 0.400 e. The Kier molecular flexibility index (Phi) is 14.3. The number of carbonyl (C=O) groups excluding carboxylic acids is 1. The summed E-state index contributed by atoms with van der Waals surface area (Å²) in [4.78, 5) is 13.7. The summed E-state index contributed by atoms with van der Waals surface area (Å²) in [7, 11) is 1.00. The standard InChI is InChI=1S/C39H43Cl2FN2O.CH4O/c1-30-36-17-9-8-12-32(36)25-29-43(30)44(38(45)24-21-31-19-22-35(42)23-20-31)28-11-27-39(26-10-18-37(40)41,33-13-4-2-5-14-33)34-15-6-3-7-16-34;1-2/h2-9,12-17,19-20,22-23,30,37H,10-11,18,21,24-29H2,1H3;2H,1H3. The maximum Gasteiger partial charge on any atom is 0.237 e. The molecule has 250 valence electrons. The average molecular weight is 678 g/mol. The Bertz CT molecular complexity index is 1460. The van der Waals surface area contributed by atoms with Gasteiger partial charge >= 0.3 is 0 Å². The molecule has 0 aromatic heterocycles. The summed E-state index contributed by atoms with van der Waals surface area (Å²) in [6.07, 6.45) is 6.06. The van der Waals surface area contributed by atoms with Gasteiger partial charge in [-0.15, -0.1) is 23.2 Å². The summed E-state index contributed by atoms with van der Waals surface area (Å²) in [5, 5.41) is 11.3. The number of fused-ring (bicyclic) bond motifs is 1. The highest BCUT2D eigenvalue weighted by atomic mass is 35.5. The Morgan fingerprint density at radius 1 is 0.872 bits per heavy atom. The van der Waals surface area contributed by atoms with Crippen LogP contribution in [0.15, 0.2) is 109 Å². The minimum absolute atomic E-state index is 0.0853. The first-order valence-electron chi connectivity index (χ1n) is 16.6. The second-order valence-electron chi connectivity index (χ2n) is 12.1. The van der Waals surface area contributed by atoms with Crippen LogP contribution in [0.1, 0.15) is 79.3 Å². The van der Waals surface area contributed by atoms with E-state index in [0.717, 1.165) is 57.7 Å². The van der Waals surface area contributed by atoms with Gasteiger partial charge in [0.25, 0.3) is 0 Å². The highest BCUT2D eigenvalue weighted by Gasteiger charge is 2.35. The molecule has 1 aliphatic rings. The summed E-state index contributed by atoms with van der Waals surface area (Å²) in [5.41, 5.74) is 5.89. The van der Waals surface area contributed by atoms with E-state index in [1.807, 2.05) is 5.01 Å². The number of nitrogens with zero attached hydrogens (tertiary/aromatic N) is 2. The third-order valence-corrected chi connectivity index (χ3v) is 9.79. The molecular weight excluding hydrogens is 630 g/mol. The van der Waals surface area contributed by atoms with E-state index in [1.165, 1.54) is 34.4 Å². The number of rotatable bonds is 14. The zero-order valence-electron chi connectivity index (χ0n) is 27.5. The van der Waals surface area contributed by atoms with E-state index in [-0.39, 0.29) is 23.2 Å². The molecule has 7 heteroatoms. The van der Waals surface area contributed by atoms with Crippen LogP contribution in [0.5, 0.6) is 0 Å². The zero-order chi connectivity index (χ0) is 33.6. The molecule has 47 heavy (non-hydrogen) atoms. The van der Waals surface area contributed by atoms with Gasteiger partial charge in [0.1, 0.15) is 10.7 Å².